The lowest BCUT2D eigenvalue weighted by Crippen LogP contribution is -2.32. The summed E-state index contributed by atoms with van der Waals surface area (Å²) >= 11 is 0. The molecule has 0 radical (unpaired) electrons. The lowest BCUT2D eigenvalue weighted by Gasteiger charge is -2.37. The molecule has 6 heteroatoms. The van der Waals surface area contributed by atoms with Gasteiger partial charge in [-0.15, -0.1) is 0 Å². The molecular formula is C26H25N5O. The van der Waals surface area contributed by atoms with Gasteiger partial charge in [-0.2, -0.15) is 5.10 Å². The first-order valence-electron chi connectivity index (χ1n) is 11.3. The smallest absolute Gasteiger partial charge is 0.254 e. The minimum Gasteiger partial charge on any atom is -0.370 e. The number of nitrogens with two attached hydrogens (primary N) is 1. The minimum absolute atomic E-state index is 0.329. The molecule has 1 amide bonds. The summed E-state index contributed by atoms with van der Waals surface area (Å²) in [4.78, 5) is 17.4. The van der Waals surface area contributed by atoms with E-state index in [1.807, 2.05) is 47.1 Å². The van der Waals surface area contributed by atoms with E-state index < -0.39 is 5.91 Å². The van der Waals surface area contributed by atoms with E-state index in [0.29, 0.717) is 23.2 Å². The van der Waals surface area contributed by atoms with Gasteiger partial charge in [0.25, 0.3) is 5.91 Å². The van der Waals surface area contributed by atoms with E-state index in [2.05, 4.69) is 23.5 Å². The molecule has 2 aromatic heterocycles. The van der Waals surface area contributed by atoms with E-state index in [1.54, 1.807) is 0 Å². The molecule has 3 N–H and O–H groups in total. The summed E-state index contributed by atoms with van der Waals surface area (Å²) in [6.07, 6.45) is 4.76. The number of anilines is 1. The van der Waals surface area contributed by atoms with Crippen molar-refractivity contribution in [3.05, 3.63) is 66.2 Å². The molecule has 0 spiro atoms. The quantitative estimate of drug-likeness (QED) is 0.482. The number of carbonyl (C=O) groups excluding carboxylic acids is 1. The van der Waals surface area contributed by atoms with E-state index in [0.717, 1.165) is 46.5 Å². The summed E-state index contributed by atoms with van der Waals surface area (Å²) in [6.45, 7) is 0.840. The molecule has 0 saturated heterocycles. The van der Waals surface area contributed by atoms with Crippen LogP contribution in [0.15, 0.2) is 60.7 Å². The van der Waals surface area contributed by atoms with Crippen molar-refractivity contribution in [3.8, 4) is 22.5 Å². The van der Waals surface area contributed by atoms with Crippen LogP contribution in [0.2, 0.25) is 0 Å². The molecule has 0 bridgehead atoms. The van der Waals surface area contributed by atoms with Gasteiger partial charge in [0.1, 0.15) is 17.1 Å². The van der Waals surface area contributed by atoms with Gasteiger partial charge in [-0.3, -0.25) is 4.79 Å². The molecule has 2 aliphatic rings. The molecule has 1 aliphatic heterocycles. The maximum absolute atomic E-state index is 12.5. The average Bonchev–Trinajstić information content (AvgIpc) is 3.19. The first-order chi connectivity index (χ1) is 15.7. The second kappa shape index (κ2) is 7.48. The zero-order chi connectivity index (χ0) is 21.7. The van der Waals surface area contributed by atoms with Crippen LogP contribution < -0.4 is 11.1 Å². The molecule has 32 heavy (non-hydrogen) atoms. The maximum atomic E-state index is 12.5. The van der Waals surface area contributed by atoms with Gasteiger partial charge in [0.05, 0.1) is 17.3 Å². The van der Waals surface area contributed by atoms with E-state index in [1.165, 1.54) is 19.3 Å². The number of fused-ring (bicyclic) bond motifs is 2. The van der Waals surface area contributed by atoms with Crippen LogP contribution in [0.25, 0.3) is 33.4 Å². The first-order valence-corrected chi connectivity index (χ1v) is 11.3. The van der Waals surface area contributed by atoms with Crippen LogP contribution in [0.1, 0.15) is 42.1 Å². The fourth-order valence-electron chi connectivity index (χ4n) is 5.03. The van der Waals surface area contributed by atoms with Gasteiger partial charge < -0.3 is 11.1 Å². The summed E-state index contributed by atoms with van der Waals surface area (Å²) in [5.41, 5.74) is 10.7. The van der Waals surface area contributed by atoms with Crippen molar-refractivity contribution in [1.82, 2.24) is 14.8 Å². The molecule has 1 saturated carbocycles. The van der Waals surface area contributed by atoms with Crippen molar-refractivity contribution in [2.75, 3.05) is 11.9 Å². The average molecular weight is 424 g/mol. The van der Waals surface area contributed by atoms with Gasteiger partial charge in [0, 0.05) is 23.1 Å². The Bertz CT molecular complexity index is 1320. The number of hydrogen-bond acceptors (Lipinski definition) is 4. The highest BCUT2D eigenvalue weighted by molar-refractivity contribution is 6.04. The lowest BCUT2D eigenvalue weighted by molar-refractivity contribution is 0.100. The van der Waals surface area contributed by atoms with Crippen molar-refractivity contribution < 1.29 is 4.79 Å². The molecule has 3 heterocycles. The minimum atomic E-state index is -0.450. The molecule has 6 nitrogen and oxygen atoms in total. The maximum Gasteiger partial charge on any atom is 0.254 e. The predicted octanol–water partition coefficient (Wildman–Crippen LogP) is 5.02. The fraction of sp³-hybridized carbons (Fsp3) is 0.269. The Hall–Kier alpha value is -3.67. The summed E-state index contributed by atoms with van der Waals surface area (Å²) in [6, 6.07) is 20.6. The lowest BCUT2D eigenvalue weighted by atomic mass is 9.78. The monoisotopic (exact) mass is 423 g/mol. The number of rotatable bonds is 4. The number of nitrogens with one attached hydrogen (secondary N) is 1. The van der Waals surface area contributed by atoms with Crippen molar-refractivity contribution in [1.29, 1.82) is 0 Å². The number of primary amides is 1. The number of pyridine rings is 1. The highest BCUT2D eigenvalue weighted by atomic mass is 16.1. The third kappa shape index (κ3) is 3.06. The van der Waals surface area contributed by atoms with Crippen molar-refractivity contribution in [2.24, 2.45) is 11.7 Å². The number of hydrogen-bond donors (Lipinski definition) is 2. The van der Waals surface area contributed by atoms with Crippen molar-refractivity contribution >= 4 is 22.6 Å². The Morgan fingerprint density at radius 2 is 1.81 bits per heavy atom. The summed E-state index contributed by atoms with van der Waals surface area (Å²) < 4.78 is 2.03. The van der Waals surface area contributed by atoms with Gasteiger partial charge in [-0.25, -0.2) is 9.67 Å². The van der Waals surface area contributed by atoms with Crippen LogP contribution in [0.5, 0.6) is 0 Å². The molecule has 1 atom stereocenters. The predicted molar refractivity (Wildman–Crippen MR) is 126 cm³/mol. The summed E-state index contributed by atoms with van der Waals surface area (Å²) in [5.74, 6) is 0.951. The number of aromatic nitrogens is 3. The third-order valence-corrected chi connectivity index (χ3v) is 6.93. The van der Waals surface area contributed by atoms with E-state index >= 15 is 0 Å². The van der Waals surface area contributed by atoms with Crippen LogP contribution in [0.4, 0.5) is 5.82 Å². The van der Waals surface area contributed by atoms with Gasteiger partial charge >= 0.3 is 0 Å². The van der Waals surface area contributed by atoms with E-state index in [-0.39, 0.29) is 0 Å². The standard InChI is InChI=1S/C26H25N5O/c27-25(32)23-24(30-31-22(18-7-4-8-18)13-14-28-26(23)31)19-10-9-17-11-12-20(29-21(17)15-19)16-5-2-1-3-6-16/h1-3,5-6,9-12,15,18,22,28H,4,7-8,13-14H2,(H2,27,32). The Balaban J connectivity index is 1.48. The largest absolute Gasteiger partial charge is 0.370 e. The molecular weight excluding hydrogens is 398 g/mol. The Kier molecular flexibility index (Phi) is 4.45. The Morgan fingerprint density at radius 3 is 2.56 bits per heavy atom. The SMILES string of the molecule is NC(=O)c1c(-c2ccc3ccc(-c4ccccc4)nc3c2)nn2c1NCCC2C1CCC1. The van der Waals surface area contributed by atoms with E-state index in [4.69, 9.17) is 15.8 Å². The molecule has 160 valence electrons. The second-order valence-electron chi connectivity index (χ2n) is 8.82. The van der Waals surface area contributed by atoms with Crippen molar-refractivity contribution in [3.63, 3.8) is 0 Å². The molecule has 2 aromatic carbocycles. The molecule has 1 fully saturated rings. The molecule has 4 aromatic rings. The van der Waals surface area contributed by atoms with Crippen LogP contribution in [-0.4, -0.2) is 27.2 Å². The zero-order valence-corrected chi connectivity index (χ0v) is 17.8. The molecule has 6 rings (SSSR count). The Morgan fingerprint density at radius 1 is 1.00 bits per heavy atom. The van der Waals surface area contributed by atoms with E-state index in [9.17, 15) is 4.79 Å². The summed E-state index contributed by atoms with van der Waals surface area (Å²) in [5, 5.41) is 9.37. The number of carbonyl (C=O) groups is 1. The number of amides is 1. The van der Waals surface area contributed by atoms with Gasteiger partial charge in [0.2, 0.25) is 0 Å². The summed E-state index contributed by atoms with van der Waals surface area (Å²) in [7, 11) is 0. The third-order valence-electron chi connectivity index (χ3n) is 6.93. The van der Waals surface area contributed by atoms with Gasteiger partial charge in [0.15, 0.2) is 0 Å². The first kappa shape index (κ1) is 19.0. The zero-order valence-electron chi connectivity index (χ0n) is 17.8. The number of benzene rings is 2. The van der Waals surface area contributed by atoms with Crippen LogP contribution in [0.3, 0.4) is 0 Å². The topological polar surface area (TPSA) is 85.8 Å². The fourth-order valence-corrected chi connectivity index (χ4v) is 5.03. The Labute approximate surface area is 186 Å². The molecule has 1 aliphatic carbocycles. The van der Waals surface area contributed by atoms with Crippen molar-refractivity contribution in [2.45, 2.75) is 31.7 Å². The normalized spacial score (nSPS) is 18.1. The van der Waals surface area contributed by atoms with Gasteiger partial charge in [-0.05, 0) is 37.3 Å². The van der Waals surface area contributed by atoms with Crippen LogP contribution >= 0.6 is 0 Å². The van der Waals surface area contributed by atoms with Crippen LogP contribution in [-0.2, 0) is 0 Å². The highest BCUT2D eigenvalue weighted by Gasteiger charge is 2.35. The van der Waals surface area contributed by atoms with Crippen LogP contribution in [0, 0.1) is 5.92 Å². The highest BCUT2D eigenvalue weighted by Crippen LogP contribution is 2.43. The second-order valence-corrected chi connectivity index (χ2v) is 8.82. The van der Waals surface area contributed by atoms with Gasteiger partial charge in [-0.1, -0.05) is 55.0 Å². The molecule has 1 unspecified atom stereocenters. The number of nitrogens with zero attached hydrogens (tertiary/aromatic N) is 3.